The van der Waals surface area contributed by atoms with Crippen LogP contribution in [0.2, 0.25) is 0 Å². The number of carbonyl (C=O) groups excluding carboxylic acids is 2. The second kappa shape index (κ2) is 7.40. The molecular formula is C17H15FO5. The van der Waals surface area contributed by atoms with Crippen LogP contribution < -0.4 is 4.74 Å². The Morgan fingerprint density at radius 2 is 1.61 bits per heavy atom. The molecular weight excluding hydrogens is 303 g/mol. The van der Waals surface area contributed by atoms with E-state index in [4.69, 9.17) is 9.47 Å². The molecule has 6 heteroatoms. The first-order valence-corrected chi connectivity index (χ1v) is 6.73. The first kappa shape index (κ1) is 16.5. The molecule has 0 aliphatic carbocycles. The summed E-state index contributed by atoms with van der Waals surface area (Å²) in [6, 6.07) is 10.3. The Morgan fingerprint density at radius 1 is 0.957 bits per heavy atom. The molecule has 0 saturated carbocycles. The van der Waals surface area contributed by atoms with Crippen molar-refractivity contribution in [2.45, 2.75) is 6.61 Å². The lowest BCUT2D eigenvalue weighted by Crippen LogP contribution is -2.06. The molecule has 0 aliphatic rings. The lowest BCUT2D eigenvalue weighted by molar-refractivity contribution is 0.0471. The smallest absolute Gasteiger partial charge is 0.338 e. The van der Waals surface area contributed by atoms with Gasteiger partial charge in [0.15, 0.2) is 11.6 Å². The van der Waals surface area contributed by atoms with Gasteiger partial charge in [-0.1, -0.05) is 12.1 Å². The molecule has 0 bridgehead atoms. The van der Waals surface area contributed by atoms with Gasteiger partial charge in [-0.05, 0) is 35.9 Å². The van der Waals surface area contributed by atoms with E-state index in [1.54, 1.807) is 24.3 Å². The summed E-state index contributed by atoms with van der Waals surface area (Å²) in [5.41, 5.74) is 1.19. The molecule has 0 amide bonds. The average molecular weight is 318 g/mol. The fourth-order valence-electron chi connectivity index (χ4n) is 1.88. The van der Waals surface area contributed by atoms with Crippen LogP contribution >= 0.6 is 0 Å². The van der Waals surface area contributed by atoms with Crippen molar-refractivity contribution < 1.29 is 28.2 Å². The summed E-state index contributed by atoms with van der Waals surface area (Å²) < 4.78 is 28.0. The van der Waals surface area contributed by atoms with E-state index in [1.807, 2.05) is 0 Å². The van der Waals surface area contributed by atoms with Gasteiger partial charge >= 0.3 is 11.9 Å². The molecule has 0 fully saturated rings. The Bertz CT molecular complexity index is 709. The number of esters is 2. The van der Waals surface area contributed by atoms with Crippen LogP contribution in [0.5, 0.6) is 5.75 Å². The Balaban J connectivity index is 1.99. The Morgan fingerprint density at radius 3 is 2.17 bits per heavy atom. The molecule has 0 saturated heterocycles. The minimum atomic E-state index is -0.649. The molecule has 0 unspecified atom stereocenters. The number of ether oxygens (including phenoxy) is 3. The summed E-state index contributed by atoms with van der Waals surface area (Å²) in [4.78, 5) is 23.2. The van der Waals surface area contributed by atoms with Gasteiger partial charge in [0.25, 0.3) is 0 Å². The number of methoxy groups -OCH3 is 2. The zero-order valence-electron chi connectivity index (χ0n) is 12.7. The minimum Gasteiger partial charge on any atom is -0.494 e. The molecule has 2 rings (SSSR count). The van der Waals surface area contributed by atoms with E-state index in [2.05, 4.69) is 4.74 Å². The van der Waals surface area contributed by atoms with Gasteiger partial charge in [0.05, 0.1) is 25.3 Å². The van der Waals surface area contributed by atoms with E-state index in [9.17, 15) is 14.0 Å². The van der Waals surface area contributed by atoms with Gasteiger partial charge in [0.2, 0.25) is 0 Å². The predicted octanol–water partition coefficient (Wildman–Crippen LogP) is 2.98. The van der Waals surface area contributed by atoms with Crippen LogP contribution in [0.25, 0.3) is 0 Å². The van der Waals surface area contributed by atoms with Gasteiger partial charge in [-0.15, -0.1) is 0 Å². The lowest BCUT2D eigenvalue weighted by atomic mass is 10.1. The summed E-state index contributed by atoms with van der Waals surface area (Å²) >= 11 is 0. The van der Waals surface area contributed by atoms with Crippen LogP contribution in [0.3, 0.4) is 0 Å². The van der Waals surface area contributed by atoms with Crippen molar-refractivity contribution >= 4 is 11.9 Å². The minimum absolute atomic E-state index is 0.00787. The van der Waals surface area contributed by atoms with Crippen LogP contribution in [0.4, 0.5) is 4.39 Å². The highest BCUT2D eigenvalue weighted by molar-refractivity contribution is 5.90. The summed E-state index contributed by atoms with van der Waals surface area (Å²) in [7, 11) is 2.64. The second-order valence-electron chi connectivity index (χ2n) is 4.61. The molecule has 0 atom stereocenters. The summed E-state index contributed by atoms with van der Waals surface area (Å²) in [5.74, 6) is -1.67. The zero-order chi connectivity index (χ0) is 16.8. The fraction of sp³-hybridized carbons (Fsp3) is 0.176. The van der Waals surface area contributed by atoms with Gasteiger partial charge in [0, 0.05) is 0 Å². The van der Waals surface area contributed by atoms with Gasteiger partial charge in [-0.25, -0.2) is 14.0 Å². The second-order valence-corrected chi connectivity index (χ2v) is 4.61. The molecule has 0 aliphatic heterocycles. The predicted molar refractivity (Wildman–Crippen MR) is 79.9 cm³/mol. The SMILES string of the molecule is COC(=O)c1ccc(COC(=O)c2ccc(OC)c(F)c2)cc1. The monoisotopic (exact) mass is 318 g/mol. The number of hydrogen-bond donors (Lipinski definition) is 0. The number of benzene rings is 2. The molecule has 0 radical (unpaired) electrons. The average Bonchev–Trinajstić information content (AvgIpc) is 2.59. The summed E-state index contributed by atoms with van der Waals surface area (Å²) in [6.45, 7) is 0.00787. The van der Waals surface area contributed by atoms with Crippen LogP contribution in [0.15, 0.2) is 42.5 Å². The largest absolute Gasteiger partial charge is 0.494 e. The molecule has 0 spiro atoms. The Kier molecular flexibility index (Phi) is 5.30. The van der Waals surface area contributed by atoms with Gasteiger partial charge in [-0.3, -0.25) is 0 Å². The lowest BCUT2D eigenvalue weighted by Gasteiger charge is -2.07. The van der Waals surface area contributed by atoms with Crippen LogP contribution in [-0.4, -0.2) is 26.2 Å². The van der Waals surface area contributed by atoms with Crippen molar-refractivity contribution in [2.75, 3.05) is 14.2 Å². The topological polar surface area (TPSA) is 61.8 Å². The third-order valence-electron chi connectivity index (χ3n) is 3.13. The van der Waals surface area contributed by atoms with Gasteiger partial charge < -0.3 is 14.2 Å². The van der Waals surface area contributed by atoms with E-state index in [0.29, 0.717) is 11.1 Å². The molecule has 0 aromatic heterocycles. The Hall–Kier alpha value is -2.89. The standard InChI is InChI=1S/C17H15FO5/c1-21-15-8-7-13(9-14(15)18)17(20)23-10-11-3-5-12(6-4-11)16(19)22-2/h3-9H,10H2,1-2H3. The van der Waals surface area contributed by atoms with Crippen molar-refractivity contribution in [3.05, 3.63) is 65.0 Å². The zero-order valence-corrected chi connectivity index (χ0v) is 12.7. The van der Waals surface area contributed by atoms with E-state index in [1.165, 1.54) is 26.4 Å². The van der Waals surface area contributed by atoms with Crippen molar-refractivity contribution in [1.29, 1.82) is 0 Å². The van der Waals surface area contributed by atoms with Crippen molar-refractivity contribution in [3.8, 4) is 5.75 Å². The van der Waals surface area contributed by atoms with Crippen LogP contribution in [0.1, 0.15) is 26.3 Å². The van der Waals surface area contributed by atoms with Crippen molar-refractivity contribution in [1.82, 2.24) is 0 Å². The van der Waals surface area contributed by atoms with E-state index >= 15 is 0 Å². The molecule has 0 heterocycles. The third-order valence-corrected chi connectivity index (χ3v) is 3.13. The number of halogens is 1. The summed E-state index contributed by atoms with van der Waals surface area (Å²) in [5, 5.41) is 0. The van der Waals surface area contributed by atoms with Gasteiger partial charge in [0.1, 0.15) is 6.61 Å². The fourth-order valence-corrected chi connectivity index (χ4v) is 1.88. The summed E-state index contributed by atoms with van der Waals surface area (Å²) in [6.07, 6.45) is 0. The van der Waals surface area contributed by atoms with Crippen LogP contribution in [-0.2, 0) is 16.1 Å². The molecule has 23 heavy (non-hydrogen) atoms. The van der Waals surface area contributed by atoms with E-state index < -0.39 is 17.8 Å². The van der Waals surface area contributed by atoms with Gasteiger partial charge in [-0.2, -0.15) is 0 Å². The molecule has 0 N–H and O–H groups in total. The maximum Gasteiger partial charge on any atom is 0.338 e. The van der Waals surface area contributed by atoms with Crippen molar-refractivity contribution in [3.63, 3.8) is 0 Å². The number of rotatable bonds is 5. The normalized spacial score (nSPS) is 10.0. The van der Waals surface area contributed by atoms with E-state index in [-0.39, 0.29) is 17.9 Å². The molecule has 2 aromatic carbocycles. The maximum atomic E-state index is 13.6. The van der Waals surface area contributed by atoms with Crippen molar-refractivity contribution in [2.24, 2.45) is 0 Å². The highest BCUT2D eigenvalue weighted by Gasteiger charge is 2.12. The number of hydrogen-bond acceptors (Lipinski definition) is 5. The Labute approximate surface area is 132 Å². The maximum absolute atomic E-state index is 13.6. The third kappa shape index (κ3) is 4.06. The van der Waals surface area contributed by atoms with E-state index in [0.717, 1.165) is 6.07 Å². The quantitative estimate of drug-likeness (QED) is 0.793. The van der Waals surface area contributed by atoms with Crippen LogP contribution in [0, 0.1) is 5.82 Å². The first-order chi connectivity index (χ1) is 11.0. The molecule has 2 aromatic rings. The highest BCUT2D eigenvalue weighted by Crippen LogP contribution is 2.18. The molecule has 5 nitrogen and oxygen atoms in total. The number of carbonyl (C=O) groups is 2. The molecule has 120 valence electrons. The first-order valence-electron chi connectivity index (χ1n) is 6.73. The highest BCUT2D eigenvalue weighted by atomic mass is 19.1.